The van der Waals surface area contributed by atoms with Crippen molar-refractivity contribution in [2.24, 2.45) is 0 Å². The summed E-state index contributed by atoms with van der Waals surface area (Å²) < 4.78 is 5.04. The standard InChI is InChI=1S/3C4H9.C3H6.Sn/c3*1-3-4-2;1-3-2;/h3*1,3-4H2,2H3;3H,1H2,2H3;. The van der Waals surface area contributed by atoms with Gasteiger partial charge in [0.15, 0.2) is 0 Å². The summed E-state index contributed by atoms with van der Waals surface area (Å²) in [5, 5.41) is 0. The Morgan fingerprint density at radius 3 is 1.25 bits per heavy atom. The van der Waals surface area contributed by atoms with Gasteiger partial charge in [-0.25, -0.2) is 0 Å². The molecule has 0 atom stereocenters. The third kappa shape index (κ3) is 17.0. The van der Waals surface area contributed by atoms with E-state index in [0.29, 0.717) is 0 Å². The summed E-state index contributed by atoms with van der Waals surface area (Å²) in [6.45, 7) is 12.3. The van der Waals surface area contributed by atoms with E-state index in [4.69, 9.17) is 0 Å². The third-order valence-corrected chi connectivity index (χ3v) is 11.7. The van der Waals surface area contributed by atoms with Crippen molar-refractivity contribution >= 4 is 19.8 Å². The van der Waals surface area contributed by atoms with E-state index < -0.39 is 19.8 Å². The van der Waals surface area contributed by atoms with Gasteiger partial charge in [0.05, 0.1) is 0 Å². The van der Waals surface area contributed by atoms with Crippen molar-refractivity contribution in [3.05, 3.63) is 12.7 Å². The maximum atomic E-state index is 3.36. The Hall–Kier alpha value is 0.539. The zero-order chi connectivity index (χ0) is 12.6. The molecule has 0 saturated heterocycles. The average Bonchev–Trinajstić information content (AvgIpc) is 2.29. The maximum absolute atomic E-state index is 3.36. The fourth-order valence-corrected chi connectivity index (χ4v) is 11.1. The second-order valence-electron chi connectivity index (χ2n) is 4.47. The van der Waals surface area contributed by atoms with Gasteiger partial charge in [-0.2, -0.15) is 0 Å². The molecule has 0 unspecified atom stereocenters. The number of hydrogen-bond donors (Lipinski definition) is 0. The van der Waals surface area contributed by atoms with Gasteiger partial charge in [-0.05, 0) is 6.92 Å². The van der Waals surface area contributed by atoms with Gasteiger partial charge >= 0.3 is 92.4 Å². The first kappa shape index (κ1) is 18.9. The minimum atomic E-state index is -0.839. The molecule has 0 fully saturated rings. The Labute approximate surface area is 112 Å². The van der Waals surface area contributed by atoms with Crippen molar-refractivity contribution in [1.82, 2.24) is 0 Å². The molecule has 1 radical (unpaired) electrons. The van der Waals surface area contributed by atoms with E-state index in [1.165, 1.54) is 38.5 Å². The molecule has 97 valence electrons. The van der Waals surface area contributed by atoms with Crippen LogP contribution >= 0.6 is 0 Å². The van der Waals surface area contributed by atoms with E-state index in [9.17, 15) is 0 Å². The van der Waals surface area contributed by atoms with Gasteiger partial charge in [0.2, 0.25) is 0 Å². The molecule has 0 N–H and O–H groups in total. The van der Waals surface area contributed by atoms with Crippen LogP contribution in [0, 0.1) is 0 Å². The van der Waals surface area contributed by atoms with Crippen LogP contribution in [0.1, 0.15) is 66.2 Å². The molecule has 0 nitrogen and oxygen atoms in total. The van der Waals surface area contributed by atoms with E-state index in [2.05, 4.69) is 27.4 Å². The van der Waals surface area contributed by atoms with Crippen molar-refractivity contribution in [2.45, 2.75) is 79.5 Å². The molecule has 0 spiro atoms. The summed E-state index contributed by atoms with van der Waals surface area (Å²) in [5.74, 6) is 0. The molecule has 0 bridgehead atoms. The van der Waals surface area contributed by atoms with Gasteiger partial charge in [-0.15, -0.1) is 6.58 Å². The van der Waals surface area contributed by atoms with E-state index in [1.54, 1.807) is 19.4 Å². The fraction of sp³-hybridized carbons (Fsp3) is 0.867. The van der Waals surface area contributed by atoms with E-state index >= 15 is 0 Å². The van der Waals surface area contributed by atoms with Gasteiger partial charge in [-0.1, -0.05) is 6.08 Å². The van der Waals surface area contributed by atoms with Crippen LogP contribution in [-0.4, -0.2) is 19.8 Å². The zero-order valence-electron chi connectivity index (χ0n) is 12.1. The van der Waals surface area contributed by atoms with Crippen molar-refractivity contribution in [3.8, 4) is 0 Å². The second kappa shape index (κ2) is 17.9. The Kier molecular flexibility index (Phi) is 21.2. The molecule has 1 heteroatoms. The molecule has 0 rings (SSSR count). The van der Waals surface area contributed by atoms with E-state index in [1.807, 2.05) is 6.92 Å². The quantitative estimate of drug-likeness (QED) is 0.355. The zero-order valence-corrected chi connectivity index (χ0v) is 15.0. The van der Waals surface area contributed by atoms with Crippen LogP contribution in [0.25, 0.3) is 0 Å². The van der Waals surface area contributed by atoms with Crippen molar-refractivity contribution in [2.75, 3.05) is 0 Å². The molecule has 0 amide bonds. The summed E-state index contributed by atoms with van der Waals surface area (Å²) >= 11 is -0.839. The average molecular weight is 332 g/mol. The van der Waals surface area contributed by atoms with Crippen LogP contribution in [-0.2, 0) is 0 Å². The summed E-state index contributed by atoms with van der Waals surface area (Å²) in [7, 11) is 0. The normalized spacial score (nSPS) is 9.81. The van der Waals surface area contributed by atoms with Crippen molar-refractivity contribution in [1.29, 1.82) is 0 Å². The Morgan fingerprint density at radius 2 is 1.06 bits per heavy atom. The predicted molar refractivity (Wildman–Crippen MR) is 80.8 cm³/mol. The third-order valence-electron chi connectivity index (χ3n) is 2.65. The van der Waals surface area contributed by atoms with Crippen LogP contribution in [0.15, 0.2) is 12.7 Å². The molecule has 0 aromatic rings. The monoisotopic (exact) mass is 333 g/mol. The molecular weight excluding hydrogens is 299 g/mol. The molecule has 0 saturated carbocycles. The van der Waals surface area contributed by atoms with Crippen molar-refractivity contribution < 1.29 is 0 Å². The van der Waals surface area contributed by atoms with E-state index in [-0.39, 0.29) is 0 Å². The second-order valence-corrected chi connectivity index (χ2v) is 13.0. The van der Waals surface area contributed by atoms with Crippen LogP contribution in [0.3, 0.4) is 0 Å². The topological polar surface area (TPSA) is 0 Å². The number of rotatable bonds is 9. The van der Waals surface area contributed by atoms with Gasteiger partial charge in [0, 0.05) is 0 Å². The molecule has 0 heterocycles. The first-order valence-electron chi connectivity index (χ1n) is 7.17. The van der Waals surface area contributed by atoms with Crippen LogP contribution in [0.4, 0.5) is 0 Å². The van der Waals surface area contributed by atoms with Crippen LogP contribution < -0.4 is 0 Å². The number of allylic oxidation sites excluding steroid dienone is 1. The molecule has 0 aliphatic heterocycles. The first-order valence-corrected chi connectivity index (χ1v) is 13.2. The summed E-state index contributed by atoms with van der Waals surface area (Å²) in [6, 6.07) is 0. The van der Waals surface area contributed by atoms with Crippen molar-refractivity contribution in [3.63, 3.8) is 0 Å². The number of unbranched alkanes of at least 4 members (excludes halogenated alkanes) is 3. The van der Waals surface area contributed by atoms with Gasteiger partial charge in [0.25, 0.3) is 0 Å². The predicted octanol–water partition coefficient (Wildman–Crippen LogP) is 6.07. The Bertz CT molecular complexity index is 102. The minimum absolute atomic E-state index is 0.839. The molecule has 0 aliphatic carbocycles. The molecule has 0 aromatic heterocycles. The molecule has 0 aromatic carbocycles. The van der Waals surface area contributed by atoms with E-state index in [0.717, 1.165) is 0 Å². The SMILES string of the molecule is C=CC.CCC[CH2][Sn]([CH2]CCC)[CH2]CCC. The van der Waals surface area contributed by atoms with Crippen LogP contribution in [0.2, 0.25) is 13.3 Å². The molecular formula is C15H33Sn. The van der Waals surface area contributed by atoms with Crippen LogP contribution in [0.5, 0.6) is 0 Å². The Balaban J connectivity index is 0. The summed E-state index contributed by atoms with van der Waals surface area (Å²) in [6.07, 6.45) is 10.6. The first-order chi connectivity index (χ1) is 7.76. The van der Waals surface area contributed by atoms with Gasteiger partial charge in [-0.3, -0.25) is 0 Å². The van der Waals surface area contributed by atoms with Gasteiger partial charge in [0.1, 0.15) is 0 Å². The Morgan fingerprint density at radius 1 is 0.812 bits per heavy atom. The molecule has 16 heavy (non-hydrogen) atoms. The fourth-order valence-electron chi connectivity index (χ4n) is 1.66. The van der Waals surface area contributed by atoms with Gasteiger partial charge < -0.3 is 0 Å². The number of hydrogen-bond acceptors (Lipinski definition) is 0. The molecule has 0 aliphatic rings. The summed E-state index contributed by atoms with van der Waals surface area (Å²) in [4.78, 5) is 0. The summed E-state index contributed by atoms with van der Waals surface area (Å²) in [5.41, 5.74) is 0.